The second kappa shape index (κ2) is 13.6. The van der Waals surface area contributed by atoms with E-state index in [4.69, 9.17) is 14.2 Å². The van der Waals surface area contributed by atoms with Gasteiger partial charge in [0.2, 0.25) is 0 Å². The molecule has 0 saturated heterocycles. The zero-order valence-corrected chi connectivity index (χ0v) is 23.2. The summed E-state index contributed by atoms with van der Waals surface area (Å²) in [5.41, 5.74) is 2.70. The molecule has 0 unspecified atom stereocenters. The number of carbonyl (C=O) groups is 2. The van der Waals surface area contributed by atoms with Gasteiger partial charge in [-0.25, -0.2) is 4.79 Å². The van der Waals surface area contributed by atoms with Gasteiger partial charge in [-0.1, -0.05) is 6.58 Å². The number of hydrogen-bond acceptors (Lipinski definition) is 5. The molecule has 0 aliphatic carbocycles. The monoisotopic (exact) mass is 517 g/mol. The van der Waals surface area contributed by atoms with E-state index in [2.05, 4.69) is 50.5 Å². The number of rotatable bonds is 13. The molecule has 0 fully saturated rings. The van der Waals surface area contributed by atoms with Gasteiger partial charge < -0.3 is 9.47 Å². The van der Waals surface area contributed by atoms with Crippen molar-refractivity contribution in [2.45, 2.75) is 45.3 Å². The first-order valence-electron chi connectivity index (χ1n) is 13.0. The van der Waals surface area contributed by atoms with Crippen LogP contribution < -0.4 is 14.7 Å². The van der Waals surface area contributed by atoms with Crippen LogP contribution in [-0.2, 0) is 9.53 Å². The van der Waals surface area contributed by atoms with Crippen molar-refractivity contribution in [3.63, 3.8) is 0 Å². The molecule has 0 aromatic heterocycles. The Morgan fingerprint density at radius 2 is 1.27 bits per heavy atom. The van der Waals surface area contributed by atoms with Gasteiger partial charge in [0.25, 0.3) is 0 Å². The van der Waals surface area contributed by atoms with Crippen molar-refractivity contribution in [2.75, 3.05) is 13.2 Å². The number of esters is 2. The van der Waals surface area contributed by atoms with Crippen molar-refractivity contribution in [1.29, 1.82) is 0 Å². The quantitative estimate of drug-likeness (QED) is 0.0849. The maximum absolute atomic E-state index is 12.6. The molecular formula is C31H37O5Si-. The van der Waals surface area contributed by atoms with Crippen LogP contribution in [0.25, 0.3) is 11.1 Å². The fourth-order valence-electron chi connectivity index (χ4n) is 3.80. The van der Waals surface area contributed by atoms with Crippen molar-refractivity contribution >= 4 is 25.2 Å². The van der Waals surface area contributed by atoms with Gasteiger partial charge in [0.15, 0.2) is 0 Å². The van der Waals surface area contributed by atoms with Crippen molar-refractivity contribution < 1.29 is 23.8 Å². The third-order valence-electron chi connectivity index (χ3n) is 6.12. The molecule has 3 aromatic rings. The molecule has 37 heavy (non-hydrogen) atoms. The molecule has 0 saturated carbocycles. The van der Waals surface area contributed by atoms with E-state index in [0.29, 0.717) is 30.3 Å². The van der Waals surface area contributed by atoms with Crippen LogP contribution in [0.5, 0.6) is 11.5 Å². The van der Waals surface area contributed by atoms with Gasteiger partial charge in [-0.3, -0.25) is 0 Å². The molecule has 0 bridgehead atoms. The molecule has 0 spiro atoms. The predicted octanol–water partition coefficient (Wildman–Crippen LogP) is 6.52. The Morgan fingerprint density at radius 3 is 1.84 bits per heavy atom. The zero-order chi connectivity index (χ0) is 26.7. The Hall–Kier alpha value is -3.64. The summed E-state index contributed by atoms with van der Waals surface area (Å²) in [5, 5.41) is 1.46. The minimum absolute atomic E-state index is 0.382. The average molecular weight is 518 g/mol. The molecule has 3 aromatic carbocycles. The molecule has 0 aliphatic rings. The van der Waals surface area contributed by atoms with Crippen LogP contribution in [0.3, 0.4) is 0 Å². The Labute approximate surface area is 221 Å². The van der Waals surface area contributed by atoms with Crippen LogP contribution in [-0.4, -0.2) is 33.2 Å². The van der Waals surface area contributed by atoms with Gasteiger partial charge in [0.1, 0.15) is 5.75 Å². The van der Waals surface area contributed by atoms with Gasteiger partial charge in [-0.2, -0.15) is 0 Å². The summed E-state index contributed by atoms with van der Waals surface area (Å²) < 4.78 is 16.3. The molecule has 5 nitrogen and oxygen atoms in total. The minimum atomic E-state index is -1.61. The smallest absolute Gasteiger partial charge is 0.0191 e. The molecule has 6 heteroatoms. The van der Waals surface area contributed by atoms with Crippen molar-refractivity contribution in [2.24, 2.45) is 0 Å². The van der Waals surface area contributed by atoms with Gasteiger partial charge in [0, 0.05) is 6.08 Å². The van der Waals surface area contributed by atoms with E-state index in [0.717, 1.165) is 36.8 Å². The SMILES string of the molecule is C=CC(=O)OCCCCCCOc1ccc(C(=O)Oc2ccc(-c3ccc([SiH-](C)(C)C)cc3)cc2)cc1. The normalized spacial score (nSPS) is 11.4. The third-order valence-corrected chi connectivity index (χ3v) is 8.50. The molecular weight excluding hydrogens is 480 g/mol. The standard InChI is InChI=1S/C31H37O5Si/c1-5-30(32)35-23-9-7-6-8-22-34-27-16-12-26(13-17-27)31(33)36-28-18-10-24(11-19-28)25-14-20-29(21-15-25)37(2,3)4/h5,10-21,37H,1,6-9,22-23H2,2-4H3/q-1. The topological polar surface area (TPSA) is 61.8 Å². The molecule has 0 radical (unpaired) electrons. The second-order valence-electron chi connectivity index (χ2n) is 10.3. The van der Waals surface area contributed by atoms with Crippen LogP contribution in [0.4, 0.5) is 0 Å². The van der Waals surface area contributed by atoms with E-state index in [9.17, 15) is 9.59 Å². The second-order valence-corrected chi connectivity index (χ2v) is 16.2. The van der Waals surface area contributed by atoms with Gasteiger partial charge in [-0.05, 0) is 37.8 Å². The van der Waals surface area contributed by atoms with Crippen LogP contribution in [0.1, 0.15) is 36.0 Å². The van der Waals surface area contributed by atoms with E-state index in [1.807, 2.05) is 24.3 Å². The molecule has 0 aliphatic heterocycles. The summed E-state index contributed by atoms with van der Waals surface area (Å²) in [6.45, 7) is 11.5. The Kier molecular flexibility index (Phi) is 10.3. The number of carbonyl (C=O) groups excluding carboxylic acids is 2. The molecule has 0 atom stereocenters. The summed E-state index contributed by atoms with van der Waals surface area (Å²) in [5.74, 6) is 0.430. The number of hydrogen-bond donors (Lipinski definition) is 0. The van der Waals surface area contributed by atoms with Gasteiger partial charge >= 0.3 is 137 Å². The van der Waals surface area contributed by atoms with Crippen molar-refractivity contribution in [1.82, 2.24) is 0 Å². The predicted molar refractivity (Wildman–Crippen MR) is 153 cm³/mol. The zero-order valence-electron chi connectivity index (χ0n) is 22.1. The van der Waals surface area contributed by atoms with Gasteiger partial charge in [-0.15, -0.1) is 0 Å². The van der Waals surface area contributed by atoms with E-state index in [1.165, 1.54) is 11.3 Å². The van der Waals surface area contributed by atoms with Crippen molar-refractivity contribution in [3.05, 3.63) is 91.0 Å². The average Bonchev–Trinajstić information content (AvgIpc) is 2.90. The first-order valence-corrected chi connectivity index (χ1v) is 17.0. The Morgan fingerprint density at radius 1 is 0.730 bits per heavy atom. The molecule has 0 N–H and O–H groups in total. The summed E-state index contributed by atoms with van der Waals surface area (Å²) >= 11 is 0. The van der Waals surface area contributed by atoms with Crippen molar-refractivity contribution in [3.8, 4) is 22.6 Å². The summed E-state index contributed by atoms with van der Waals surface area (Å²) in [6.07, 6.45) is 4.84. The fraction of sp³-hybridized carbons (Fsp3) is 0.290. The van der Waals surface area contributed by atoms with E-state index >= 15 is 0 Å². The van der Waals surface area contributed by atoms with Crippen LogP contribution >= 0.6 is 0 Å². The third kappa shape index (κ3) is 9.06. The summed E-state index contributed by atoms with van der Waals surface area (Å²) in [7, 11) is -1.61. The maximum atomic E-state index is 12.6. The number of benzene rings is 3. The summed E-state index contributed by atoms with van der Waals surface area (Å²) in [6, 6.07) is 23.3. The summed E-state index contributed by atoms with van der Waals surface area (Å²) in [4.78, 5) is 23.5. The van der Waals surface area contributed by atoms with E-state index in [1.54, 1.807) is 24.3 Å². The Bertz CT molecular complexity index is 1160. The number of unbranched alkanes of at least 4 members (excludes halogenated alkanes) is 3. The van der Waals surface area contributed by atoms with Crippen LogP contribution in [0, 0.1) is 0 Å². The van der Waals surface area contributed by atoms with E-state index < -0.39 is 14.0 Å². The molecule has 196 valence electrons. The minimum Gasteiger partial charge on any atom is -0.0191 e. The first-order chi connectivity index (χ1) is 17.8. The first kappa shape index (κ1) is 27.9. The van der Waals surface area contributed by atoms with Crippen LogP contribution in [0.2, 0.25) is 19.6 Å². The molecule has 3 rings (SSSR count). The molecule has 0 amide bonds. The number of ether oxygens (including phenoxy) is 3. The molecule has 0 heterocycles. The van der Waals surface area contributed by atoms with Crippen LogP contribution in [0.15, 0.2) is 85.5 Å². The Balaban J connectivity index is 1.41. The fourth-order valence-corrected chi connectivity index (χ4v) is 5.15. The van der Waals surface area contributed by atoms with E-state index in [-0.39, 0.29) is 5.97 Å². The van der Waals surface area contributed by atoms with Gasteiger partial charge in [0.05, 0.1) is 13.2 Å².